The lowest BCUT2D eigenvalue weighted by Gasteiger charge is -2.20. The molecule has 1 heterocycles. The summed E-state index contributed by atoms with van der Waals surface area (Å²) in [5.74, 6) is 0. The monoisotopic (exact) mass is 288 g/mol. The second kappa shape index (κ2) is 6.51. The second-order valence-corrected chi connectivity index (χ2v) is 6.60. The molecule has 0 saturated heterocycles. The summed E-state index contributed by atoms with van der Waals surface area (Å²) in [6, 6.07) is 6.91. The Balaban J connectivity index is 2.33. The molecule has 2 rings (SSSR count). The SMILES string of the molecule is CCNC(Cc1c(C)cccc1C)c1sc(C)nc1C. The summed E-state index contributed by atoms with van der Waals surface area (Å²) in [5, 5.41) is 4.78. The molecule has 0 spiro atoms. The van der Waals surface area contributed by atoms with Gasteiger partial charge in [-0.25, -0.2) is 4.98 Å². The fourth-order valence-corrected chi connectivity index (χ4v) is 3.75. The number of nitrogens with zero attached hydrogens (tertiary/aromatic N) is 1. The summed E-state index contributed by atoms with van der Waals surface area (Å²) in [5.41, 5.74) is 5.40. The molecule has 0 aliphatic carbocycles. The molecule has 1 atom stereocenters. The molecule has 108 valence electrons. The first-order valence-electron chi connectivity index (χ1n) is 7.25. The van der Waals surface area contributed by atoms with Crippen molar-refractivity contribution in [3.05, 3.63) is 50.5 Å². The predicted molar refractivity (Wildman–Crippen MR) is 87.6 cm³/mol. The van der Waals surface area contributed by atoms with Crippen LogP contribution in [0.2, 0.25) is 0 Å². The first kappa shape index (κ1) is 15.2. The quantitative estimate of drug-likeness (QED) is 0.888. The normalized spacial score (nSPS) is 12.7. The third-order valence-electron chi connectivity index (χ3n) is 3.76. The van der Waals surface area contributed by atoms with Crippen molar-refractivity contribution in [1.29, 1.82) is 0 Å². The molecule has 0 radical (unpaired) electrons. The van der Waals surface area contributed by atoms with Crippen molar-refractivity contribution in [3.63, 3.8) is 0 Å². The lowest BCUT2D eigenvalue weighted by Crippen LogP contribution is -2.23. The Kier molecular flexibility index (Phi) is 4.95. The zero-order valence-electron chi connectivity index (χ0n) is 13.1. The molecule has 1 aromatic carbocycles. The van der Waals surface area contributed by atoms with Crippen LogP contribution in [0.3, 0.4) is 0 Å². The Labute approximate surface area is 126 Å². The van der Waals surface area contributed by atoms with Gasteiger partial charge in [-0.3, -0.25) is 0 Å². The number of nitrogens with one attached hydrogen (secondary N) is 1. The van der Waals surface area contributed by atoms with Gasteiger partial charge in [0.15, 0.2) is 0 Å². The van der Waals surface area contributed by atoms with E-state index in [1.54, 1.807) is 0 Å². The van der Waals surface area contributed by atoms with Gasteiger partial charge < -0.3 is 5.32 Å². The van der Waals surface area contributed by atoms with Gasteiger partial charge in [-0.1, -0.05) is 25.1 Å². The Morgan fingerprint density at radius 3 is 2.30 bits per heavy atom. The smallest absolute Gasteiger partial charge is 0.0900 e. The number of aryl methyl sites for hydroxylation is 4. The third-order valence-corrected chi connectivity index (χ3v) is 4.95. The van der Waals surface area contributed by atoms with Crippen molar-refractivity contribution >= 4 is 11.3 Å². The summed E-state index contributed by atoms with van der Waals surface area (Å²) in [7, 11) is 0. The van der Waals surface area contributed by atoms with Crippen LogP contribution >= 0.6 is 11.3 Å². The standard InChI is InChI=1S/C17H24N2S/c1-6-18-16(17-13(4)19-14(5)20-17)10-15-11(2)8-7-9-12(15)3/h7-9,16,18H,6,10H2,1-5H3. The average Bonchev–Trinajstić information content (AvgIpc) is 2.72. The van der Waals surface area contributed by atoms with Gasteiger partial charge in [0.25, 0.3) is 0 Å². The van der Waals surface area contributed by atoms with E-state index in [9.17, 15) is 0 Å². The van der Waals surface area contributed by atoms with Gasteiger partial charge in [-0.15, -0.1) is 11.3 Å². The highest BCUT2D eigenvalue weighted by Gasteiger charge is 2.18. The zero-order valence-corrected chi connectivity index (χ0v) is 13.9. The van der Waals surface area contributed by atoms with Gasteiger partial charge >= 0.3 is 0 Å². The van der Waals surface area contributed by atoms with Crippen LogP contribution < -0.4 is 5.32 Å². The number of thiazole rings is 1. The Morgan fingerprint density at radius 2 is 1.80 bits per heavy atom. The molecule has 1 aromatic heterocycles. The topological polar surface area (TPSA) is 24.9 Å². The molecule has 0 bridgehead atoms. The van der Waals surface area contributed by atoms with E-state index in [0.29, 0.717) is 6.04 Å². The maximum absolute atomic E-state index is 4.58. The van der Waals surface area contributed by atoms with Crippen LogP contribution in [0.5, 0.6) is 0 Å². The molecule has 3 heteroatoms. The fraction of sp³-hybridized carbons (Fsp3) is 0.471. The molecule has 0 fully saturated rings. The van der Waals surface area contributed by atoms with E-state index in [1.165, 1.54) is 27.3 Å². The minimum Gasteiger partial charge on any atom is -0.309 e. The molecular formula is C17H24N2S. The van der Waals surface area contributed by atoms with Gasteiger partial charge in [-0.2, -0.15) is 0 Å². The van der Waals surface area contributed by atoms with E-state index < -0.39 is 0 Å². The Bertz CT molecular complexity index is 566. The van der Waals surface area contributed by atoms with Crippen LogP contribution in [0, 0.1) is 27.7 Å². The number of hydrogen-bond donors (Lipinski definition) is 1. The van der Waals surface area contributed by atoms with Crippen LogP contribution in [-0.4, -0.2) is 11.5 Å². The highest BCUT2D eigenvalue weighted by Crippen LogP contribution is 2.29. The van der Waals surface area contributed by atoms with Gasteiger partial charge in [0.05, 0.1) is 10.7 Å². The minimum atomic E-state index is 0.367. The molecule has 20 heavy (non-hydrogen) atoms. The molecule has 0 amide bonds. The van der Waals surface area contributed by atoms with E-state index in [0.717, 1.165) is 18.0 Å². The van der Waals surface area contributed by atoms with Crippen LogP contribution in [0.4, 0.5) is 0 Å². The lowest BCUT2D eigenvalue weighted by molar-refractivity contribution is 0.552. The molecular weight excluding hydrogens is 264 g/mol. The van der Waals surface area contributed by atoms with E-state index in [-0.39, 0.29) is 0 Å². The number of likely N-dealkylation sites (N-methyl/N-ethyl adjacent to an activating group) is 1. The molecule has 0 aliphatic heterocycles. The molecule has 1 unspecified atom stereocenters. The van der Waals surface area contributed by atoms with Crippen LogP contribution in [0.25, 0.3) is 0 Å². The van der Waals surface area contributed by atoms with Gasteiger partial charge in [0.1, 0.15) is 0 Å². The van der Waals surface area contributed by atoms with Crippen molar-refractivity contribution in [2.24, 2.45) is 0 Å². The summed E-state index contributed by atoms with van der Waals surface area (Å²) in [4.78, 5) is 5.96. The zero-order chi connectivity index (χ0) is 14.7. The summed E-state index contributed by atoms with van der Waals surface area (Å²) >= 11 is 1.82. The van der Waals surface area contributed by atoms with Gasteiger partial charge in [-0.05, 0) is 57.4 Å². The molecule has 2 aromatic rings. The van der Waals surface area contributed by atoms with Crippen LogP contribution in [0.15, 0.2) is 18.2 Å². The summed E-state index contributed by atoms with van der Waals surface area (Å²) in [6.45, 7) is 11.8. The predicted octanol–water partition coefficient (Wildman–Crippen LogP) is 4.27. The van der Waals surface area contributed by atoms with Crippen molar-refractivity contribution in [1.82, 2.24) is 10.3 Å². The van der Waals surface area contributed by atoms with E-state index >= 15 is 0 Å². The Hall–Kier alpha value is -1.19. The van der Waals surface area contributed by atoms with E-state index in [2.05, 4.69) is 63.1 Å². The first-order chi connectivity index (χ1) is 9.52. The summed E-state index contributed by atoms with van der Waals surface area (Å²) < 4.78 is 0. The summed E-state index contributed by atoms with van der Waals surface area (Å²) in [6.07, 6.45) is 1.04. The highest BCUT2D eigenvalue weighted by atomic mass is 32.1. The van der Waals surface area contributed by atoms with Crippen LogP contribution in [0.1, 0.15) is 45.2 Å². The number of benzene rings is 1. The maximum atomic E-state index is 4.58. The fourth-order valence-electron chi connectivity index (χ4n) is 2.75. The first-order valence-corrected chi connectivity index (χ1v) is 8.07. The molecule has 2 nitrogen and oxygen atoms in total. The second-order valence-electron chi connectivity index (χ2n) is 5.37. The van der Waals surface area contributed by atoms with Crippen LogP contribution in [-0.2, 0) is 6.42 Å². The number of rotatable bonds is 5. The van der Waals surface area contributed by atoms with Gasteiger partial charge in [0, 0.05) is 10.9 Å². The Morgan fingerprint density at radius 1 is 1.15 bits per heavy atom. The lowest BCUT2D eigenvalue weighted by atomic mass is 9.95. The van der Waals surface area contributed by atoms with E-state index in [1.807, 2.05) is 11.3 Å². The number of hydrogen-bond acceptors (Lipinski definition) is 3. The van der Waals surface area contributed by atoms with Crippen molar-refractivity contribution in [2.45, 2.75) is 47.1 Å². The van der Waals surface area contributed by atoms with Crippen molar-refractivity contribution in [3.8, 4) is 0 Å². The van der Waals surface area contributed by atoms with Crippen molar-refractivity contribution in [2.75, 3.05) is 6.54 Å². The average molecular weight is 288 g/mol. The van der Waals surface area contributed by atoms with E-state index in [4.69, 9.17) is 0 Å². The molecule has 0 saturated carbocycles. The molecule has 1 N–H and O–H groups in total. The van der Waals surface area contributed by atoms with Crippen molar-refractivity contribution < 1.29 is 0 Å². The van der Waals surface area contributed by atoms with Gasteiger partial charge in [0.2, 0.25) is 0 Å². The maximum Gasteiger partial charge on any atom is 0.0900 e. The molecule has 0 aliphatic rings. The minimum absolute atomic E-state index is 0.367. The highest BCUT2D eigenvalue weighted by molar-refractivity contribution is 7.11. The number of aromatic nitrogens is 1. The third kappa shape index (κ3) is 3.28. The largest absolute Gasteiger partial charge is 0.309 e.